The molecule has 0 aromatic heterocycles. The summed E-state index contributed by atoms with van der Waals surface area (Å²) in [7, 11) is 1.76. The Balaban J connectivity index is 2.32. The van der Waals surface area contributed by atoms with Crippen LogP contribution in [-0.4, -0.2) is 35.5 Å². The van der Waals surface area contributed by atoms with Crippen LogP contribution in [0.15, 0.2) is 30.3 Å². The van der Waals surface area contributed by atoms with Gasteiger partial charge in [-0.2, -0.15) is 0 Å². The Labute approximate surface area is 119 Å². The number of thiocarbonyl (C=S) groups is 1. The zero-order valence-electron chi connectivity index (χ0n) is 11.3. The molecule has 5 heteroatoms. The number of carbonyl (C=O) groups is 1. The topological polar surface area (TPSA) is 55.6 Å². The van der Waals surface area contributed by atoms with Crippen molar-refractivity contribution in [2.24, 2.45) is 5.73 Å². The van der Waals surface area contributed by atoms with E-state index in [0.29, 0.717) is 24.4 Å². The van der Waals surface area contributed by atoms with Gasteiger partial charge in [0, 0.05) is 19.5 Å². The first-order valence-corrected chi connectivity index (χ1v) is 6.63. The standard InChI is InChI=1S/C14H20N2O2S/c1-11(10-13(15)19)16(2)14(17)8-9-18-12-6-4-3-5-7-12/h3-7,11H,8-10H2,1-2H3,(H2,15,19). The fraction of sp³-hybridized carbons (Fsp3) is 0.429. The van der Waals surface area contributed by atoms with Crippen LogP contribution in [0.1, 0.15) is 19.8 Å². The Hall–Kier alpha value is -1.62. The number of rotatable bonds is 7. The minimum absolute atomic E-state index is 0.0155. The van der Waals surface area contributed by atoms with Crippen LogP contribution in [0.2, 0.25) is 0 Å². The molecule has 0 aliphatic carbocycles. The Bertz CT molecular complexity index is 423. The van der Waals surface area contributed by atoms with Gasteiger partial charge in [-0.25, -0.2) is 0 Å². The highest BCUT2D eigenvalue weighted by Gasteiger charge is 2.16. The molecule has 19 heavy (non-hydrogen) atoms. The molecule has 0 spiro atoms. The molecule has 1 atom stereocenters. The summed E-state index contributed by atoms with van der Waals surface area (Å²) in [4.78, 5) is 14.0. The zero-order valence-corrected chi connectivity index (χ0v) is 12.2. The molecule has 1 aromatic carbocycles. The van der Waals surface area contributed by atoms with Gasteiger partial charge < -0.3 is 15.4 Å². The number of benzene rings is 1. The van der Waals surface area contributed by atoms with Gasteiger partial charge in [0.25, 0.3) is 0 Å². The van der Waals surface area contributed by atoms with Crippen LogP contribution in [-0.2, 0) is 4.79 Å². The van der Waals surface area contributed by atoms with Crippen LogP contribution < -0.4 is 10.5 Å². The van der Waals surface area contributed by atoms with Crippen molar-refractivity contribution in [1.82, 2.24) is 4.90 Å². The average molecular weight is 280 g/mol. The maximum absolute atomic E-state index is 11.9. The van der Waals surface area contributed by atoms with Gasteiger partial charge >= 0.3 is 0 Å². The first-order chi connectivity index (χ1) is 9.00. The van der Waals surface area contributed by atoms with Crippen molar-refractivity contribution in [1.29, 1.82) is 0 Å². The fourth-order valence-electron chi connectivity index (χ4n) is 1.62. The lowest BCUT2D eigenvalue weighted by molar-refractivity contribution is -0.132. The van der Waals surface area contributed by atoms with Crippen LogP contribution in [0.3, 0.4) is 0 Å². The Morgan fingerprint density at radius 1 is 1.42 bits per heavy atom. The number of nitrogens with zero attached hydrogens (tertiary/aromatic N) is 1. The molecule has 0 saturated carbocycles. The van der Waals surface area contributed by atoms with Crippen molar-refractivity contribution < 1.29 is 9.53 Å². The van der Waals surface area contributed by atoms with Gasteiger partial charge in [-0.05, 0) is 19.1 Å². The molecule has 1 rings (SSSR count). The van der Waals surface area contributed by atoms with E-state index >= 15 is 0 Å². The third-order valence-corrected chi connectivity index (χ3v) is 3.05. The molecule has 1 amide bonds. The van der Waals surface area contributed by atoms with E-state index in [0.717, 1.165) is 5.75 Å². The Morgan fingerprint density at radius 3 is 2.63 bits per heavy atom. The van der Waals surface area contributed by atoms with Gasteiger partial charge in [0.2, 0.25) is 5.91 Å². The van der Waals surface area contributed by atoms with Gasteiger partial charge in [0.05, 0.1) is 18.0 Å². The van der Waals surface area contributed by atoms with Crippen molar-refractivity contribution in [2.45, 2.75) is 25.8 Å². The second-order valence-corrected chi connectivity index (χ2v) is 4.96. The Kier molecular flexibility index (Phi) is 6.29. The van der Waals surface area contributed by atoms with E-state index in [1.54, 1.807) is 11.9 Å². The predicted molar refractivity (Wildman–Crippen MR) is 80.2 cm³/mol. The SMILES string of the molecule is CC(CC(N)=S)N(C)C(=O)CCOc1ccccc1. The molecule has 2 N–H and O–H groups in total. The van der Waals surface area contributed by atoms with Crippen molar-refractivity contribution >= 4 is 23.1 Å². The highest BCUT2D eigenvalue weighted by atomic mass is 32.1. The van der Waals surface area contributed by atoms with Gasteiger partial charge in [0.15, 0.2) is 0 Å². The molecule has 104 valence electrons. The third-order valence-electron chi connectivity index (χ3n) is 2.88. The first-order valence-electron chi connectivity index (χ1n) is 6.22. The molecule has 0 aliphatic heterocycles. The molecular weight excluding hydrogens is 260 g/mol. The summed E-state index contributed by atoms with van der Waals surface area (Å²) in [5.41, 5.74) is 5.48. The van der Waals surface area contributed by atoms with Crippen LogP contribution in [0.25, 0.3) is 0 Å². The molecule has 1 unspecified atom stereocenters. The molecule has 0 aliphatic rings. The summed E-state index contributed by atoms with van der Waals surface area (Å²) in [6, 6.07) is 9.46. The summed E-state index contributed by atoms with van der Waals surface area (Å²) in [5.74, 6) is 0.800. The zero-order chi connectivity index (χ0) is 14.3. The van der Waals surface area contributed by atoms with E-state index in [-0.39, 0.29) is 11.9 Å². The fourth-order valence-corrected chi connectivity index (χ4v) is 1.86. The molecule has 0 radical (unpaired) electrons. The Morgan fingerprint density at radius 2 is 2.05 bits per heavy atom. The summed E-state index contributed by atoms with van der Waals surface area (Å²) >= 11 is 4.84. The summed E-state index contributed by atoms with van der Waals surface area (Å²) < 4.78 is 5.49. The van der Waals surface area contributed by atoms with Crippen LogP contribution in [0.5, 0.6) is 5.75 Å². The molecule has 4 nitrogen and oxygen atoms in total. The number of ether oxygens (including phenoxy) is 1. The summed E-state index contributed by atoms with van der Waals surface area (Å²) in [5, 5.41) is 0. The molecule has 0 heterocycles. The minimum Gasteiger partial charge on any atom is -0.493 e. The van der Waals surface area contributed by atoms with Crippen molar-refractivity contribution in [3.63, 3.8) is 0 Å². The number of hydrogen-bond acceptors (Lipinski definition) is 3. The van der Waals surface area contributed by atoms with Gasteiger partial charge in [-0.1, -0.05) is 30.4 Å². The average Bonchev–Trinajstić information content (AvgIpc) is 2.38. The van der Waals surface area contributed by atoms with Crippen LogP contribution in [0.4, 0.5) is 0 Å². The van der Waals surface area contributed by atoms with E-state index in [2.05, 4.69) is 0 Å². The van der Waals surface area contributed by atoms with Crippen molar-refractivity contribution in [3.05, 3.63) is 30.3 Å². The van der Waals surface area contributed by atoms with Crippen LogP contribution in [0, 0.1) is 0 Å². The highest BCUT2D eigenvalue weighted by molar-refractivity contribution is 7.80. The number of para-hydroxylation sites is 1. The van der Waals surface area contributed by atoms with Gasteiger partial charge in [-0.15, -0.1) is 0 Å². The minimum atomic E-state index is 0.0155. The van der Waals surface area contributed by atoms with Crippen molar-refractivity contribution in [2.75, 3.05) is 13.7 Å². The van der Waals surface area contributed by atoms with E-state index in [1.165, 1.54) is 0 Å². The quantitative estimate of drug-likeness (QED) is 0.776. The molecule has 0 fully saturated rings. The smallest absolute Gasteiger partial charge is 0.225 e. The van der Waals surface area contributed by atoms with Gasteiger partial charge in [-0.3, -0.25) is 4.79 Å². The van der Waals surface area contributed by atoms with E-state index in [1.807, 2.05) is 37.3 Å². The van der Waals surface area contributed by atoms with E-state index < -0.39 is 0 Å². The lowest BCUT2D eigenvalue weighted by Gasteiger charge is -2.24. The lowest BCUT2D eigenvalue weighted by atomic mass is 10.2. The first kappa shape index (κ1) is 15.4. The summed E-state index contributed by atoms with van der Waals surface area (Å²) in [6.45, 7) is 2.29. The number of nitrogens with two attached hydrogens (primary N) is 1. The molecule has 1 aromatic rings. The third kappa shape index (κ3) is 5.70. The van der Waals surface area contributed by atoms with E-state index in [4.69, 9.17) is 22.7 Å². The maximum atomic E-state index is 11.9. The monoisotopic (exact) mass is 280 g/mol. The second-order valence-electron chi connectivity index (χ2n) is 4.44. The predicted octanol–water partition coefficient (Wildman–Crippen LogP) is 1.98. The van der Waals surface area contributed by atoms with Crippen LogP contribution >= 0.6 is 12.2 Å². The molecular formula is C14H20N2O2S. The van der Waals surface area contributed by atoms with Gasteiger partial charge in [0.1, 0.15) is 5.75 Å². The molecule has 0 saturated heterocycles. The summed E-state index contributed by atoms with van der Waals surface area (Å²) in [6.07, 6.45) is 0.879. The number of hydrogen-bond donors (Lipinski definition) is 1. The second kappa shape index (κ2) is 7.74. The highest BCUT2D eigenvalue weighted by Crippen LogP contribution is 2.09. The van der Waals surface area contributed by atoms with E-state index in [9.17, 15) is 4.79 Å². The normalized spacial score (nSPS) is 11.7. The maximum Gasteiger partial charge on any atom is 0.225 e. The van der Waals surface area contributed by atoms with Crippen molar-refractivity contribution in [3.8, 4) is 5.75 Å². The molecule has 0 bridgehead atoms. The number of carbonyl (C=O) groups excluding carboxylic acids is 1. The number of amides is 1. The lowest BCUT2D eigenvalue weighted by Crippen LogP contribution is -2.37. The largest absolute Gasteiger partial charge is 0.493 e.